The van der Waals surface area contributed by atoms with Gasteiger partial charge in [-0.25, -0.2) is 4.39 Å². The number of benzene rings is 1. The molecule has 0 saturated carbocycles. The number of nitriles is 1. The molecule has 0 bridgehead atoms. The van der Waals surface area contributed by atoms with Crippen LogP contribution in [0.3, 0.4) is 0 Å². The summed E-state index contributed by atoms with van der Waals surface area (Å²) in [7, 11) is 0. The van der Waals surface area contributed by atoms with Crippen LogP contribution in [0, 0.1) is 17.1 Å². The molecule has 0 aliphatic rings. The van der Waals surface area contributed by atoms with Crippen molar-refractivity contribution in [3.8, 4) is 6.07 Å². The number of hydrogen-bond donors (Lipinski definition) is 1. The fourth-order valence-corrected chi connectivity index (χ4v) is 1.98. The van der Waals surface area contributed by atoms with E-state index in [-0.39, 0.29) is 5.82 Å². The van der Waals surface area contributed by atoms with Gasteiger partial charge in [-0.05, 0) is 29.8 Å². The highest BCUT2D eigenvalue weighted by Gasteiger charge is 2.05. The molecule has 0 amide bonds. The Labute approximate surface area is 118 Å². The molecule has 2 rings (SSSR count). The number of nitrogens with zero attached hydrogens (tertiary/aromatic N) is 2. The zero-order chi connectivity index (χ0) is 14.5. The van der Waals surface area contributed by atoms with Crippen LogP contribution >= 0.6 is 0 Å². The van der Waals surface area contributed by atoms with E-state index in [1.807, 2.05) is 29.1 Å². The van der Waals surface area contributed by atoms with E-state index in [1.54, 1.807) is 6.07 Å². The van der Waals surface area contributed by atoms with Crippen LogP contribution in [-0.4, -0.2) is 10.6 Å². The zero-order valence-electron chi connectivity index (χ0n) is 11.7. The van der Waals surface area contributed by atoms with Gasteiger partial charge < -0.3 is 9.88 Å². The van der Waals surface area contributed by atoms with Gasteiger partial charge in [0, 0.05) is 37.1 Å². The Bertz CT molecular complexity index is 623. The van der Waals surface area contributed by atoms with Gasteiger partial charge >= 0.3 is 0 Å². The second-order valence-electron chi connectivity index (χ2n) is 5.15. The smallest absolute Gasteiger partial charge is 0.128 e. The van der Waals surface area contributed by atoms with Crippen molar-refractivity contribution in [1.29, 1.82) is 5.26 Å². The maximum absolute atomic E-state index is 13.7. The second-order valence-corrected chi connectivity index (χ2v) is 5.15. The average Bonchev–Trinajstić information content (AvgIpc) is 2.86. The highest BCUT2D eigenvalue weighted by Crippen LogP contribution is 2.13. The Kier molecular flexibility index (Phi) is 4.54. The standard InChI is InChI=1S/C16H18FN3/c1-12(2)19-9-14-5-6-20(10-14)11-15-7-13(8-18)3-4-16(15)17/h3-7,10,12,19H,9,11H2,1-2H3. The zero-order valence-corrected chi connectivity index (χ0v) is 11.7. The van der Waals surface area contributed by atoms with E-state index >= 15 is 0 Å². The van der Waals surface area contributed by atoms with Gasteiger partial charge in [-0.3, -0.25) is 0 Å². The number of halogens is 1. The maximum Gasteiger partial charge on any atom is 0.128 e. The van der Waals surface area contributed by atoms with Crippen molar-refractivity contribution in [3.05, 3.63) is 59.2 Å². The minimum atomic E-state index is -0.278. The topological polar surface area (TPSA) is 40.8 Å². The van der Waals surface area contributed by atoms with Crippen LogP contribution in [0.15, 0.2) is 36.7 Å². The first-order valence-corrected chi connectivity index (χ1v) is 6.65. The lowest BCUT2D eigenvalue weighted by molar-refractivity contribution is 0.586. The van der Waals surface area contributed by atoms with Crippen molar-refractivity contribution in [2.45, 2.75) is 33.0 Å². The summed E-state index contributed by atoms with van der Waals surface area (Å²) in [6, 6.07) is 8.92. The van der Waals surface area contributed by atoms with Crippen LogP contribution in [0.4, 0.5) is 4.39 Å². The van der Waals surface area contributed by atoms with E-state index in [1.165, 1.54) is 12.1 Å². The van der Waals surface area contributed by atoms with Crippen LogP contribution in [-0.2, 0) is 13.1 Å². The minimum absolute atomic E-state index is 0.278. The number of nitrogens with one attached hydrogen (secondary N) is 1. The molecule has 1 aromatic heterocycles. The molecule has 4 heteroatoms. The lowest BCUT2D eigenvalue weighted by atomic mass is 10.1. The SMILES string of the molecule is CC(C)NCc1ccn(Cc2cc(C#N)ccc2F)c1. The molecular weight excluding hydrogens is 253 g/mol. The molecule has 0 unspecified atom stereocenters. The normalized spacial score (nSPS) is 10.8. The van der Waals surface area contributed by atoms with E-state index in [0.29, 0.717) is 23.7 Å². The Morgan fingerprint density at radius 1 is 1.35 bits per heavy atom. The molecular formula is C16H18FN3. The molecule has 0 spiro atoms. The molecule has 0 radical (unpaired) electrons. The quantitative estimate of drug-likeness (QED) is 0.908. The lowest BCUT2D eigenvalue weighted by Crippen LogP contribution is -2.21. The fraction of sp³-hybridized carbons (Fsp3) is 0.312. The first-order valence-electron chi connectivity index (χ1n) is 6.65. The van der Waals surface area contributed by atoms with Crippen LogP contribution < -0.4 is 5.32 Å². The maximum atomic E-state index is 13.7. The van der Waals surface area contributed by atoms with Crippen LogP contribution in [0.1, 0.15) is 30.5 Å². The van der Waals surface area contributed by atoms with E-state index in [9.17, 15) is 4.39 Å². The fourth-order valence-electron chi connectivity index (χ4n) is 1.98. The molecule has 1 aromatic carbocycles. The Hall–Kier alpha value is -2.12. The summed E-state index contributed by atoms with van der Waals surface area (Å²) in [6.07, 6.45) is 3.92. The molecule has 0 fully saturated rings. The number of aromatic nitrogens is 1. The van der Waals surface area contributed by atoms with Gasteiger partial charge in [-0.2, -0.15) is 5.26 Å². The van der Waals surface area contributed by atoms with Crippen molar-refractivity contribution in [2.75, 3.05) is 0 Å². The summed E-state index contributed by atoms with van der Waals surface area (Å²) in [5.74, 6) is -0.278. The van der Waals surface area contributed by atoms with Crippen molar-refractivity contribution >= 4 is 0 Å². The van der Waals surface area contributed by atoms with E-state index in [2.05, 4.69) is 19.2 Å². The third kappa shape index (κ3) is 3.69. The highest BCUT2D eigenvalue weighted by atomic mass is 19.1. The number of hydrogen-bond acceptors (Lipinski definition) is 2. The molecule has 1 heterocycles. The Morgan fingerprint density at radius 2 is 2.15 bits per heavy atom. The molecule has 104 valence electrons. The molecule has 0 atom stereocenters. The van der Waals surface area contributed by atoms with Crippen LogP contribution in [0.25, 0.3) is 0 Å². The van der Waals surface area contributed by atoms with Gasteiger partial charge in [-0.15, -0.1) is 0 Å². The van der Waals surface area contributed by atoms with Gasteiger partial charge in [0.15, 0.2) is 0 Å². The van der Waals surface area contributed by atoms with Crippen LogP contribution in [0.5, 0.6) is 0 Å². The largest absolute Gasteiger partial charge is 0.349 e. The molecule has 20 heavy (non-hydrogen) atoms. The third-order valence-corrected chi connectivity index (χ3v) is 3.05. The monoisotopic (exact) mass is 271 g/mol. The first kappa shape index (κ1) is 14.3. The van der Waals surface area contributed by atoms with Crippen molar-refractivity contribution in [1.82, 2.24) is 9.88 Å². The van der Waals surface area contributed by atoms with Gasteiger partial charge in [0.2, 0.25) is 0 Å². The molecule has 3 nitrogen and oxygen atoms in total. The van der Waals surface area contributed by atoms with Gasteiger partial charge in [-0.1, -0.05) is 13.8 Å². The summed E-state index contributed by atoms with van der Waals surface area (Å²) in [5, 5.41) is 12.2. The van der Waals surface area contributed by atoms with Gasteiger partial charge in [0.05, 0.1) is 11.6 Å². The summed E-state index contributed by atoms with van der Waals surface area (Å²) < 4.78 is 15.6. The molecule has 0 aliphatic heterocycles. The number of rotatable bonds is 5. The average molecular weight is 271 g/mol. The predicted octanol–water partition coefficient (Wildman–Crippen LogP) is 3.05. The first-order chi connectivity index (χ1) is 9.58. The van der Waals surface area contributed by atoms with Crippen molar-refractivity contribution in [2.24, 2.45) is 0 Å². The summed E-state index contributed by atoms with van der Waals surface area (Å²) in [4.78, 5) is 0. The Morgan fingerprint density at radius 3 is 2.85 bits per heavy atom. The highest BCUT2D eigenvalue weighted by molar-refractivity contribution is 5.34. The third-order valence-electron chi connectivity index (χ3n) is 3.05. The van der Waals surface area contributed by atoms with Crippen LogP contribution in [0.2, 0.25) is 0 Å². The molecule has 0 aliphatic carbocycles. The van der Waals surface area contributed by atoms with Crippen molar-refractivity contribution < 1.29 is 4.39 Å². The molecule has 0 saturated heterocycles. The van der Waals surface area contributed by atoms with Gasteiger partial charge in [0.1, 0.15) is 5.82 Å². The van der Waals surface area contributed by atoms with Gasteiger partial charge in [0.25, 0.3) is 0 Å². The minimum Gasteiger partial charge on any atom is -0.349 e. The Balaban J connectivity index is 2.09. The van der Waals surface area contributed by atoms with Crippen molar-refractivity contribution in [3.63, 3.8) is 0 Å². The summed E-state index contributed by atoms with van der Waals surface area (Å²) in [6.45, 7) is 5.42. The van der Waals surface area contributed by atoms with E-state index in [4.69, 9.17) is 5.26 Å². The molecule has 1 N–H and O–H groups in total. The molecule has 2 aromatic rings. The second kappa shape index (κ2) is 6.36. The van der Waals surface area contributed by atoms with E-state index < -0.39 is 0 Å². The summed E-state index contributed by atoms with van der Waals surface area (Å²) >= 11 is 0. The predicted molar refractivity (Wildman–Crippen MR) is 76.6 cm³/mol. The lowest BCUT2D eigenvalue weighted by Gasteiger charge is -2.07. The summed E-state index contributed by atoms with van der Waals surface area (Å²) in [5.41, 5.74) is 2.17. The van der Waals surface area contributed by atoms with E-state index in [0.717, 1.165) is 12.1 Å².